The summed E-state index contributed by atoms with van der Waals surface area (Å²) in [6, 6.07) is 19.2. The molecule has 41 heavy (non-hydrogen) atoms. The fourth-order valence-corrected chi connectivity index (χ4v) is 6.14. The summed E-state index contributed by atoms with van der Waals surface area (Å²) in [5, 5.41) is 2.93. The van der Waals surface area contributed by atoms with Gasteiger partial charge in [0.1, 0.15) is 18.3 Å². The second-order valence-electron chi connectivity index (χ2n) is 9.54. The van der Waals surface area contributed by atoms with Gasteiger partial charge in [-0.2, -0.15) is 0 Å². The molecule has 11 heteroatoms. The van der Waals surface area contributed by atoms with Gasteiger partial charge < -0.3 is 15.0 Å². The third-order valence-electron chi connectivity index (χ3n) is 6.53. The average Bonchev–Trinajstić information content (AvgIpc) is 2.95. The molecule has 0 heterocycles. The predicted octanol–water partition coefficient (Wildman–Crippen LogP) is 6.14. The van der Waals surface area contributed by atoms with Gasteiger partial charge in [0, 0.05) is 21.5 Å². The van der Waals surface area contributed by atoms with Crippen LogP contribution in [0.4, 0.5) is 5.69 Å². The first-order chi connectivity index (χ1) is 19.5. The van der Waals surface area contributed by atoms with Gasteiger partial charge in [-0.1, -0.05) is 50.9 Å². The number of ether oxygens (including phenoxy) is 1. The number of hydrogen-bond acceptors (Lipinski definition) is 5. The lowest BCUT2D eigenvalue weighted by Crippen LogP contribution is -2.52. The van der Waals surface area contributed by atoms with Crippen LogP contribution in [0.1, 0.15) is 39.7 Å². The van der Waals surface area contributed by atoms with Crippen LogP contribution >= 0.6 is 31.9 Å². The SMILES string of the molecule is CCOc1ccc(N(CC(=O)N(Cc2cccc(Br)c2)[C@H](C)C(=O)N[C@@H](C)CC)S(=O)(=O)c2ccc(Br)cc2)cc1. The Bertz CT molecular complexity index is 1430. The fraction of sp³-hybridized carbons (Fsp3) is 0.333. The maximum absolute atomic E-state index is 14.0. The lowest BCUT2D eigenvalue weighted by atomic mass is 10.1. The summed E-state index contributed by atoms with van der Waals surface area (Å²) in [6.45, 7) is 7.42. The van der Waals surface area contributed by atoms with E-state index in [1.54, 1.807) is 43.3 Å². The highest BCUT2D eigenvalue weighted by molar-refractivity contribution is 9.10. The van der Waals surface area contributed by atoms with Crippen LogP contribution in [-0.2, 0) is 26.2 Å². The Hall–Kier alpha value is -2.89. The molecule has 0 aliphatic rings. The molecular weight excluding hydrogens is 674 g/mol. The molecule has 1 N–H and O–H groups in total. The average molecular weight is 710 g/mol. The molecule has 3 rings (SSSR count). The maximum Gasteiger partial charge on any atom is 0.264 e. The molecule has 0 saturated heterocycles. The van der Waals surface area contributed by atoms with Crippen molar-refractivity contribution in [1.29, 1.82) is 0 Å². The first-order valence-corrected chi connectivity index (χ1v) is 16.3. The van der Waals surface area contributed by atoms with E-state index in [1.807, 2.05) is 45.0 Å². The van der Waals surface area contributed by atoms with Crippen LogP contribution in [0.25, 0.3) is 0 Å². The first kappa shape index (κ1) is 32.6. The molecule has 0 aromatic heterocycles. The Kier molecular flexibility index (Phi) is 11.8. The van der Waals surface area contributed by atoms with Crippen LogP contribution in [0.15, 0.2) is 86.6 Å². The lowest BCUT2D eigenvalue weighted by molar-refractivity contribution is -0.139. The highest BCUT2D eigenvalue weighted by Gasteiger charge is 2.33. The van der Waals surface area contributed by atoms with E-state index in [4.69, 9.17) is 4.74 Å². The van der Waals surface area contributed by atoms with E-state index >= 15 is 0 Å². The summed E-state index contributed by atoms with van der Waals surface area (Å²) in [5.41, 5.74) is 1.09. The van der Waals surface area contributed by atoms with E-state index in [1.165, 1.54) is 17.0 Å². The quantitative estimate of drug-likeness (QED) is 0.230. The van der Waals surface area contributed by atoms with Gasteiger partial charge >= 0.3 is 0 Å². The molecule has 0 aliphatic heterocycles. The molecule has 2 amide bonds. The van der Waals surface area contributed by atoms with E-state index in [-0.39, 0.29) is 23.4 Å². The highest BCUT2D eigenvalue weighted by atomic mass is 79.9. The van der Waals surface area contributed by atoms with Gasteiger partial charge in [-0.3, -0.25) is 13.9 Å². The second-order valence-corrected chi connectivity index (χ2v) is 13.2. The summed E-state index contributed by atoms with van der Waals surface area (Å²) in [4.78, 5) is 28.6. The van der Waals surface area contributed by atoms with Gasteiger partial charge in [0.25, 0.3) is 10.0 Å². The number of carbonyl (C=O) groups excluding carboxylic acids is 2. The van der Waals surface area contributed by atoms with Crippen molar-refractivity contribution < 1.29 is 22.7 Å². The number of sulfonamides is 1. The summed E-state index contributed by atoms with van der Waals surface area (Å²) >= 11 is 6.80. The summed E-state index contributed by atoms with van der Waals surface area (Å²) in [5.74, 6) is -0.257. The van der Waals surface area contributed by atoms with Crippen molar-refractivity contribution in [2.24, 2.45) is 0 Å². The third kappa shape index (κ3) is 8.80. The van der Waals surface area contributed by atoms with E-state index in [2.05, 4.69) is 37.2 Å². The fourth-order valence-electron chi connectivity index (χ4n) is 4.02. The van der Waals surface area contributed by atoms with Crippen molar-refractivity contribution in [2.75, 3.05) is 17.5 Å². The molecule has 2 atom stereocenters. The van der Waals surface area contributed by atoms with Crippen LogP contribution in [0.2, 0.25) is 0 Å². The minimum atomic E-state index is -4.16. The Morgan fingerprint density at radius 1 is 0.927 bits per heavy atom. The minimum Gasteiger partial charge on any atom is -0.494 e. The van der Waals surface area contributed by atoms with Crippen molar-refractivity contribution >= 4 is 59.4 Å². The highest BCUT2D eigenvalue weighted by Crippen LogP contribution is 2.27. The van der Waals surface area contributed by atoms with Crippen LogP contribution < -0.4 is 14.4 Å². The summed E-state index contributed by atoms with van der Waals surface area (Å²) in [6.07, 6.45) is 0.731. The van der Waals surface area contributed by atoms with Crippen LogP contribution in [-0.4, -0.2) is 50.4 Å². The van der Waals surface area contributed by atoms with Crippen molar-refractivity contribution in [2.45, 2.75) is 57.6 Å². The normalized spacial score (nSPS) is 12.7. The Labute approximate surface area is 259 Å². The largest absolute Gasteiger partial charge is 0.494 e. The van der Waals surface area contributed by atoms with E-state index in [0.717, 1.165) is 25.2 Å². The number of rotatable bonds is 13. The topological polar surface area (TPSA) is 96.0 Å². The minimum absolute atomic E-state index is 0.0310. The number of amides is 2. The van der Waals surface area contributed by atoms with E-state index in [0.29, 0.717) is 18.0 Å². The smallest absolute Gasteiger partial charge is 0.264 e. The molecule has 8 nitrogen and oxygen atoms in total. The van der Waals surface area contributed by atoms with Crippen molar-refractivity contribution in [3.63, 3.8) is 0 Å². The van der Waals surface area contributed by atoms with Crippen molar-refractivity contribution in [1.82, 2.24) is 10.2 Å². The Morgan fingerprint density at radius 2 is 1.59 bits per heavy atom. The predicted molar refractivity (Wildman–Crippen MR) is 168 cm³/mol. The molecule has 0 unspecified atom stereocenters. The number of benzene rings is 3. The molecule has 0 radical (unpaired) electrons. The van der Waals surface area contributed by atoms with Crippen LogP contribution in [0, 0.1) is 0 Å². The molecule has 220 valence electrons. The monoisotopic (exact) mass is 707 g/mol. The molecule has 0 bridgehead atoms. The van der Waals surface area contributed by atoms with Crippen LogP contribution in [0.3, 0.4) is 0 Å². The van der Waals surface area contributed by atoms with Crippen molar-refractivity contribution in [3.8, 4) is 5.75 Å². The van der Waals surface area contributed by atoms with Gasteiger partial charge in [0.2, 0.25) is 11.8 Å². The molecule has 0 spiro atoms. The number of halogens is 2. The van der Waals surface area contributed by atoms with Gasteiger partial charge in [0.15, 0.2) is 0 Å². The van der Waals surface area contributed by atoms with E-state index in [9.17, 15) is 18.0 Å². The summed E-state index contributed by atoms with van der Waals surface area (Å²) in [7, 11) is -4.16. The van der Waals surface area contributed by atoms with Gasteiger partial charge in [0.05, 0.1) is 17.2 Å². The number of anilines is 1. The molecule has 3 aromatic rings. The maximum atomic E-state index is 14.0. The van der Waals surface area contributed by atoms with E-state index < -0.39 is 28.5 Å². The van der Waals surface area contributed by atoms with Gasteiger partial charge in [-0.05, 0) is 93.4 Å². The number of carbonyl (C=O) groups is 2. The molecule has 0 aliphatic carbocycles. The van der Waals surface area contributed by atoms with Crippen LogP contribution in [0.5, 0.6) is 5.75 Å². The summed E-state index contributed by atoms with van der Waals surface area (Å²) < 4.78 is 36.0. The number of nitrogens with zero attached hydrogens (tertiary/aromatic N) is 2. The zero-order valence-corrected chi connectivity index (χ0v) is 27.5. The molecule has 0 saturated carbocycles. The van der Waals surface area contributed by atoms with Gasteiger partial charge in [-0.15, -0.1) is 0 Å². The number of nitrogens with one attached hydrogen (secondary N) is 1. The lowest BCUT2D eigenvalue weighted by Gasteiger charge is -2.32. The Morgan fingerprint density at radius 3 is 2.17 bits per heavy atom. The second kappa shape index (κ2) is 14.8. The zero-order valence-electron chi connectivity index (χ0n) is 23.5. The Balaban J connectivity index is 2.03. The third-order valence-corrected chi connectivity index (χ3v) is 9.34. The number of hydrogen-bond donors (Lipinski definition) is 1. The standard InChI is InChI=1S/C30H35Br2N3O5S/c1-5-21(3)33-30(37)22(4)34(19-23-8-7-9-25(32)18-23)29(36)20-35(26-12-14-27(15-13-26)40-6-2)41(38,39)28-16-10-24(31)11-17-28/h7-18,21-22H,5-6,19-20H2,1-4H3,(H,33,37)/t21-,22+/m0/s1. The van der Waals surface area contributed by atoms with Crippen molar-refractivity contribution in [3.05, 3.63) is 87.3 Å². The molecule has 3 aromatic carbocycles. The van der Waals surface area contributed by atoms with Gasteiger partial charge in [-0.25, -0.2) is 8.42 Å². The molecule has 0 fully saturated rings. The molecular formula is C30H35Br2N3O5S. The zero-order chi connectivity index (χ0) is 30.2. The first-order valence-electron chi connectivity index (χ1n) is 13.3.